The van der Waals surface area contributed by atoms with Gasteiger partial charge >= 0.3 is 0 Å². The van der Waals surface area contributed by atoms with Crippen molar-refractivity contribution in [2.75, 3.05) is 13.4 Å². The van der Waals surface area contributed by atoms with E-state index in [0.29, 0.717) is 0 Å². The van der Waals surface area contributed by atoms with Crippen molar-refractivity contribution < 1.29 is 9.29 Å². The molecule has 1 unspecified atom stereocenters. The van der Waals surface area contributed by atoms with Gasteiger partial charge in [-0.15, -0.1) is 0 Å². The molecule has 2 nitrogen and oxygen atoms in total. The van der Waals surface area contributed by atoms with Gasteiger partial charge in [-0.2, -0.15) is 0 Å². The fourth-order valence-electron chi connectivity index (χ4n) is 1.93. The SMILES string of the molecule is COc1cc([S+]([13CH3])[O-])c(C)c2ccccc12. The molecule has 0 N–H and O–H groups in total. The van der Waals surface area contributed by atoms with Crippen molar-refractivity contribution in [3.8, 4) is 5.75 Å². The van der Waals surface area contributed by atoms with Gasteiger partial charge in [-0.25, -0.2) is 0 Å². The lowest BCUT2D eigenvalue weighted by Crippen LogP contribution is -2.01. The Balaban J connectivity index is 2.83. The largest absolute Gasteiger partial charge is 0.612 e. The zero-order valence-electron chi connectivity index (χ0n) is 9.61. The molecule has 1 atom stereocenters. The molecular formula is C13H14O2S. The zero-order valence-corrected chi connectivity index (χ0v) is 10.4. The van der Waals surface area contributed by atoms with Crippen molar-refractivity contribution in [1.29, 1.82) is 0 Å². The quantitative estimate of drug-likeness (QED) is 0.592. The van der Waals surface area contributed by atoms with Gasteiger partial charge in [0.05, 0.1) is 7.11 Å². The van der Waals surface area contributed by atoms with Crippen LogP contribution in [-0.2, 0) is 11.2 Å². The molecule has 0 bridgehead atoms. The first-order valence-corrected chi connectivity index (χ1v) is 6.60. The summed E-state index contributed by atoms with van der Waals surface area (Å²) in [6, 6.07) is 9.88. The Labute approximate surface area is 98.4 Å². The molecular weight excluding hydrogens is 221 g/mol. The first-order chi connectivity index (χ1) is 7.65. The van der Waals surface area contributed by atoms with Crippen molar-refractivity contribution in [3.63, 3.8) is 0 Å². The molecule has 0 saturated carbocycles. The van der Waals surface area contributed by atoms with E-state index in [-0.39, 0.29) is 0 Å². The molecule has 0 aliphatic carbocycles. The number of ether oxygens (including phenoxy) is 1. The second kappa shape index (κ2) is 4.36. The summed E-state index contributed by atoms with van der Waals surface area (Å²) in [4.78, 5) is 0.843. The Kier molecular flexibility index (Phi) is 3.08. The molecule has 2 aromatic rings. The van der Waals surface area contributed by atoms with E-state index in [4.69, 9.17) is 4.74 Å². The van der Waals surface area contributed by atoms with Crippen LogP contribution < -0.4 is 4.74 Å². The minimum absolute atomic E-state index is 0.784. The van der Waals surface area contributed by atoms with E-state index < -0.39 is 11.2 Å². The standard InChI is InChI=1S/C13H14O2S/c1-9-10-6-4-5-7-11(10)12(15-2)8-13(9)16(3)14/h4-8H,1-3H3/i3+1. The maximum atomic E-state index is 11.6. The van der Waals surface area contributed by atoms with Crippen LogP contribution in [0.2, 0.25) is 0 Å². The Morgan fingerprint density at radius 2 is 1.81 bits per heavy atom. The van der Waals surface area contributed by atoms with Crippen molar-refractivity contribution in [2.24, 2.45) is 0 Å². The average molecular weight is 235 g/mol. The topological polar surface area (TPSA) is 32.3 Å². The molecule has 0 aliphatic heterocycles. The molecule has 16 heavy (non-hydrogen) atoms. The molecule has 0 aliphatic rings. The molecule has 0 fully saturated rings. The maximum absolute atomic E-state index is 11.6. The van der Waals surface area contributed by atoms with Gasteiger partial charge in [-0.3, -0.25) is 0 Å². The van der Waals surface area contributed by atoms with Crippen molar-refractivity contribution in [3.05, 3.63) is 35.9 Å². The van der Waals surface area contributed by atoms with Gasteiger partial charge in [0, 0.05) is 17.0 Å². The van der Waals surface area contributed by atoms with E-state index in [2.05, 4.69) is 0 Å². The van der Waals surface area contributed by atoms with Crippen LogP contribution in [0.3, 0.4) is 0 Å². The van der Waals surface area contributed by atoms with Gasteiger partial charge in [0.25, 0.3) is 0 Å². The predicted molar refractivity (Wildman–Crippen MR) is 67.6 cm³/mol. The van der Waals surface area contributed by atoms with Crippen LogP contribution in [-0.4, -0.2) is 17.9 Å². The van der Waals surface area contributed by atoms with E-state index in [1.807, 2.05) is 37.3 Å². The predicted octanol–water partition coefficient (Wildman–Crippen LogP) is 2.89. The van der Waals surface area contributed by atoms with Crippen LogP contribution in [0.25, 0.3) is 10.8 Å². The van der Waals surface area contributed by atoms with Crippen molar-refractivity contribution in [1.82, 2.24) is 0 Å². The Morgan fingerprint density at radius 3 is 2.38 bits per heavy atom. The number of hydrogen-bond donors (Lipinski definition) is 0. The Hall–Kier alpha value is -1.19. The highest BCUT2D eigenvalue weighted by atomic mass is 32.2. The summed E-state index contributed by atoms with van der Waals surface area (Å²) < 4.78 is 17.0. The van der Waals surface area contributed by atoms with Crippen LogP contribution in [0, 0.1) is 6.92 Å². The summed E-state index contributed by atoms with van der Waals surface area (Å²) in [7, 11) is 1.64. The van der Waals surface area contributed by atoms with Gasteiger partial charge in [-0.1, -0.05) is 24.3 Å². The number of hydrogen-bond acceptors (Lipinski definition) is 2. The van der Waals surface area contributed by atoms with Crippen molar-refractivity contribution in [2.45, 2.75) is 11.8 Å². The summed E-state index contributed by atoms with van der Waals surface area (Å²) in [5, 5.41) is 2.17. The molecule has 0 spiro atoms. The zero-order chi connectivity index (χ0) is 11.7. The van der Waals surface area contributed by atoms with E-state index in [0.717, 1.165) is 27.0 Å². The highest BCUT2D eigenvalue weighted by Crippen LogP contribution is 2.32. The van der Waals surface area contributed by atoms with Crippen LogP contribution in [0.15, 0.2) is 35.2 Å². The minimum Gasteiger partial charge on any atom is -0.612 e. The van der Waals surface area contributed by atoms with E-state index in [9.17, 15) is 4.55 Å². The first-order valence-electron chi connectivity index (χ1n) is 5.05. The lowest BCUT2D eigenvalue weighted by atomic mass is 10.0. The van der Waals surface area contributed by atoms with Crippen LogP contribution in [0.5, 0.6) is 5.75 Å². The molecule has 0 saturated heterocycles. The summed E-state index contributed by atoms with van der Waals surface area (Å²) in [6.45, 7) is 2.00. The van der Waals surface area contributed by atoms with Crippen molar-refractivity contribution >= 4 is 21.9 Å². The smallest absolute Gasteiger partial charge is 0.159 e. The van der Waals surface area contributed by atoms with E-state index in [1.54, 1.807) is 13.4 Å². The monoisotopic (exact) mass is 235 g/mol. The molecule has 0 radical (unpaired) electrons. The summed E-state index contributed by atoms with van der Waals surface area (Å²) in [5.41, 5.74) is 1.07. The number of aryl methyl sites for hydroxylation is 1. The van der Waals surface area contributed by atoms with Gasteiger partial charge in [0.1, 0.15) is 12.0 Å². The second-order valence-corrected chi connectivity index (χ2v) is 5.05. The molecule has 0 heterocycles. The van der Waals surface area contributed by atoms with E-state index >= 15 is 0 Å². The normalized spacial score (nSPS) is 12.8. The third kappa shape index (κ3) is 1.77. The number of methoxy groups -OCH3 is 1. The third-order valence-corrected chi connectivity index (χ3v) is 3.80. The summed E-state index contributed by atoms with van der Waals surface area (Å²) in [5.74, 6) is 0.784. The highest BCUT2D eigenvalue weighted by Gasteiger charge is 2.15. The number of benzene rings is 2. The summed E-state index contributed by atoms with van der Waals surface area (Å²) in [6.07, 6.45) is 1.69. The average Bonchev–Trinajstić information content (AvgIpc) is 2.29. The van der Waals surface area contributed by atoms with E-state index in [1.165, 1.54) is 0 Å². The van der Waals surface area contributed by atoms with Gasteiger partial charge in [-0.05, 0) is 23.5 Å². The molecule has 0 amide bonds. The maximum Gasteiger partial charge on any atom is 0.159 e. The molecule has 2 rings (SSSR count). The van der Waals surface area contributed by atoms with Gasteiger partial charge in [0.2, 0.25) is 0 Å². The summed E-state index contributed by atoms with van der Waals surface area (Å²) >= 11 is -0.988. The molecule has 3 heteroatoms. The molecule has 84 valence electrons. The van der Waals surface area contributed by atoms with Crippen LogP contribution in [0.4, 0.5) is 0 Å². The number of rotatable bonds is 2. The van der Waals surface area contributed by atoms with Gasteiger partial charge in [0.15, 0.2) is 4.90 Å². The number of fused-ring (bicyclic) bond motifs is 1. The Bertz CT molecular complexity index is 521. The Morgan fingerprint density at radius 1 is 1.19 bits per heavy atom. The minimum atomic E-state index is -0.988. The molecule has 2 aromatic carbocycles. The van der Waals surface area contributed by atoms with Gasteiger partial charge < -0.3 is 9.29 Å². The fraction of sp³-hybridized carbons (Fsp3) is 0.231. The lowest BCUT2D eigenvalue weighted by molar-refractivity contribution is 0.418. The van der Waals surface area contributed by atoms with Crippen LogP contribution in [0.1, 0.15) is 5.56 Å². The highest BCUT2D eigenvalue weighted by molar-refractivity contribution is 7.90. The first kappa shape index (κ1) is 11.3. The fourth-order valence-corrected chi connectivity index (χ4v) is 2.74. The molecule has 0 aromatic heterocycles. The van der Waals surface area contributed by atoms with Crippen LogP contribution >= 0.6 is 0 Å². The third-order valence-electron chi connectivity index (χ3n) is 2.76. The second-order valence-electron chi connectivity index (χ2n) is 3.70. The lowest BCUT2D eigenvalue weighted by Gasteiger charge is -2.13.